The molecule has 332 valence electrons. The first kappa shape index (κ1) is 47.4. The van der Waals surface area contributed by atoms with Crippen LogP contribution in [0.2, 0.25) is 0 Å². The van der Waals surface area contributed by atoms with Gasteiger partial charge < -0.3 is 35.4 Å². The number of rotatable bonds is 18. The van der Waals surface area contributed by atoms with Crippen molar-refractivity contribution < 1.29 is 29.4 Å². The van der Waals surface area contributed by atoms with Crippen molar-refractivity contribution in [3.05, 3.63) is 93.9 Å². The van der Waals surface area contributed by atoms with Gasteiger partial charge in [0.1, 0.15) is 11.8 Å². The Labute approximate surface area is 362 Å². The van der Waals surface area contributed by atoms with Gasteiger partial charge in [-0.1, -0.05) is 88.3 Å². The van der Waals surface area contributed by atoms with Crippen molar-refractivity contribution in [2.75, 3.05) is 59.4 Å². The zero-order valence-corrected chi connectivity index (χ0v) is 37.7. The highest BCUT2D eigenvalue weighted by Gasteiger charge is 2.51. The van der Waals surface area contributed by atoms with Gasteiger partial charge in [0, 0.05) is 65.4 Å². The smallest absolute Gasteiger partial charge is 0.251 e. The summed E-state index contributed by atoms with van der Waals surface area (Å²) in [6.07, 6.45) is -0.225. The van der Waals surface area contributed by atoms with E-state index in [1.165, 1.54) is 0 Å². The highest BCUT2D eigenvalue weighted by Crippen LogP contribution is 2.48. The van der Waals surface area contributed by atoms with Crippen molar-refractivity contribution in [1.29, 1.82) is 0 Å². The molecular weight excluding hydrogens is 773 g/mol. The van der Waals surface area contributed by atoms with Crippen LogP contribution in [-0.4, -0.2) is 117 Å². The van der Waals surface area contributed by atoms with Crippen LogP contribution in [0.1, 0.15) is 69.4 Å². The van der Waals surface area contributed by atoms with Crippen molar-refractivity contribution >= 4 is 17.5 Å². The van der Waals surface area contributed by atoms with E-state index in [0.29, 0.717) is 53.8 Å². The second-order valence-electron chi connectivity index (χ2n) is 18.2. The van der Waals surface area contributed by atoms with Gasteiger partial charge in [-0.25, -0.2) is 0 Å². The van der Waals surface area contributed by atoms with Crippen molar-refractivity contribution in [1.82, 2.24) is 20.6 Å². The molecule has 0 spiro atoms. The van der Waals surface area contributed by atoms with Crippen molar-refractivity contribution in [2.45, 2.75) is 91.3 Å². The molecule has 1 aliphatic heterocycles. The third-order valence-corrected chi connectivity index (χ3v) is 13.6. The molecule has 0 aromatic heterocycles. The van der Waals surface area contributed by atoms with E-state index in [0.717, 1.165) is 23.2 Å². The van der Waals surface area contributed by atoms with E-state index < -0.39 is 24.2 Å². The van der Waals surface area contributed by atoms with E-state index in [4.69, 9.17) is 9.57 Å². The zero-order valence-electron chi connectivity index (χ0n) is 37.7. The van der Waals surface area contributed by atoms with Gasteiger partial charge >= 0.3 is 0 Å². The Morgan fingerprint density at radius 2 is 1.80 bits per heavy atom. The zero-order chi connectivity index (χ0) is 44.6. The fourth-order valence-corrected chi connectivity index (χ4v) is 9.34. The van der Waals surface area contributed by atoms with E-state index in [2.05, 4.69) is 72.3 Å². The fourth-order valence-electron chi connectivity index (χ4n) is 9.34. The highest BCUT2D eigenvalue weighted by atomic mass is 16.7. The van der Waals surface area contributed by atoms with Crippen LogP contribution in [-0.2, 0) is 22.6 Å². The average molecular weight is 841 g/mol. The van der Waals surface area contributed by atoms with Gasteiger partial charge in [0.2, 0.25) is 5.91 Å². The third kappa shape index (κ3) is 11.2. The minimum Gasteiger partial charge on any atom is -0.496 e. The largest absolute Gasteiger partial charge is 0.496 e. The number of para-hydroxylation sites is 1. The quantitative estimate of drug-likeness (QED) is 0.0650. The number of azide groups is 1. The molecule has 14 heteroatoms. The molecule has 1 heterocycles. The molecule has 0 unspecified atom stereocenters. The van der Waals surface area contributed by atoms with E-state index in [9.17, 15) is 25.3 Å². The first-order valence-corrected chi connectivity index (χ1v) is 21.6. The Kier molecular flexibility index (Phi) is 16.2. The second kappa shape index (κ2) is 20.9. The number of ether oxygens (including phenoxy) is 1. The molecule has 61 heavy (non-hydrogen) atoms. The Morgan fingerprint density at radius 1 is 1.08 bits per heavy atom. The Balaban J connectivity index is 1.51. The summed E-state index contributed by atoms with van der Waals surface area (Å²) in [6, 6.07) is 20.3. The number of likely N-dealkylation sites (N-methyl/N-ethyl adjacent to an activating group) is 2. The maximum Gasteiger partial charge on any atom is 0.251 e. The van der Waals surface area contributed by atoms with E-state index >= 15 is 0 Å². The SMILES string of the molecule is COc1c(CN2O[C@@H](CN=[N+]=[N-])[C@@H]([C@H](C)O)[C@H]2C(=O)N[C@H]2C[C@@H](C)C(C)(C)[C@@H](C)[C@@H]2C)cccc1-c1cc(C(=O)N[C@@H](Cc2ccccc2)CN(C)C)cc(N(C)CCO)c1. The minimum atomic E-state index is -0.957. The van der Waals surface area contributed by atoms with Crippen LogP contribution in [0.15, 0.2) is 71.8 Å². The molecule has 3 aromatic rings. The van der Waals surface area contributed by atoms with Crippen molar-refractivity contribution in [2.24, 2.45) is 34.2 Å². The van der Waals surface area contributed by atoms with Crippen LogP contribution in [0.5, 0.6) is 5.75 Å². The summed E-state index contributed by atoms with van der Waals surface area (Å²) in [4.78, 5) is 42.1. The number of nitrogens with zero attached hydrogens (tertiary/aromatic N) is 6. The number of amides is 2. The maximum atomic E-state index is 14.6. The summed E-state index contributed by atoms with van der Waals surface area (Å²) in [7, 11) is 7.42. The summed E-state index contributed by atoms with van der Waals surface area (Å²) in [5.74, 6) is 0.294. The molecule has 1 aliphatic carbocycles. The average Bonchev–Trinajstić information content (AvgIpc) is 3.59. The van der Waals surface area contributed by atoms with Crippen molar-refractivity contribution in [3.8, 4) is 16.9 Å². The van der Waals surface area contributed by atoms with E-state index in [1.54, 1.807) is 19.1 Å². The number of benzene rings is 3. The van der Waals surface area contributed by atoms with Gasteiger partial charge in [0.15, 0.2) is 0 Å². The van der Waals surface area contributed by atoms with Gasteiger partial charge in [0.05, 0.1) is 39.0 Å². The highest BCUT2D eigenvalue weighted by molar-refractivity contribution is 5.97. The van der Waals surface area contributed by atoms with Gasteiger partial charge in [-0.15, -0.1) is 0 Å². The summed E-state index contributed by atoms with van der Waals surface area (Å²) in [5.41, 5.74) is 13.8. The molecule has 1 saturated carbocycles. The molecule has 0 bridgehead atoms. The molecular formula is C47H68N8O6. The Hall–Kier alpha value is -4.69. The number of hydroxylamine groups is 2. The second-order valence-corrected chi connectivity index (χ2v) is 18.2. The predicted octanol–water partition coefficient (Wildman–Crippen LogP) is 6.31. The lowest BCUT2D eigenvalue weighted by Gasteiger charge is -2.50. The molecule has 1 saturated heterocycles. The summed E-state index contributed by atoms with van der Waals surface area (Å²) in [6.45, 7) is 13.9. The molecule has 5 rings (SSSR count). The van der Waals surface area contributed by atoms with Crippen molar-refractivity contribution in [3.63, 3.8) is 0 Å². The van der Waals surface area contributed by atoms with Crippen LogP contribution < -0.4 is 20.3 Å². The van der Waals surface area contributed by atoms with Crippen LogP contribution in [0.3, 0.4) is 0 Å². The predicted molar refractivity (Wildman–Crippen MR) is 240 cm³/mol. The van der Waals surface area contributed by atoms with Gasteiger partial charge in [-0.2, -0.15) is 5.06 Å². The van der Waals surface area contributed by atoms with E-state index in [-0.39, 0.29) is 54.9 Å². The number of methoxy groups -OCH3 is 1. The summed E-state index contributed by atoms with van der Waals surface area (Å²) in [5, 5.41) is 33.1. The van der Waals surface area contributed by atoms with Crippen LogP contribution in [0, 0.1) is 29.1 Å². The molecule has 2 aliphatic rings. The van der Waals surface area contributed by atoms with Gasteiger partial charge in [-0.3, -0.25) is 14.4 Å². The van der Waals surface area contributed by atoms with Crippen LogP contribution in [0.25, 0.3) is 21.6 Å². The van der Waals surface area contributed by atoms with Gasteiger partial charge in [-0.05, 0) is 91.9 Å². The van der Waals surface area contributed by atoms with Crippen LogP contribution >= 0.6 is 0 Å². The molecule has 2 amide bonds. The summed E-state index contributed by atoms with van der Waals surface area (Å²) < 4.78 is 6.15. The number of aliphatic hydroxyl groups excluding tert-OH is 2. The minimum absolute atomic E-state index is 0.0641. The molecule has 3 aromatic carbocycles. The number of hydrogen-bond acceptors (Lipinski definition) is 10. The molecule has 4 N–H and O–H groups in total. The maximum absolute atomic E-state index is 14.6. The van der Waals surface area contributed by atoms with Gasteiger partial charge in [0.25, 0.3) is 5.91 Å². The van der Waals surface area contributed by atoms with E-state index in [1.807, 2.05) is 80.6 Å². The monoisotopic (exact) mass is 841 g/mol. The lowest BCUT2D eigenvalue weighted by molar-refractivity contribution is -0.174. The normalized spacial score (nSPS) is 24.7. The van der Waals surface area contributed by atoms with Crippen LogP contribution in [0.4, 0.5) is 5.69 Å². The number of aliphatic hydroxyl groups is 2. The fraction of sp³-hybridized carbons (Fsp3) is 0.574. The first-order valence-electron chi connectivity index (χ1n) is 21.6. The molecule has 0 radical (unpaired) electrons. The lowest BCUT2D eigenvalue weighted by atomic mass is 9.58. The lowest BCUT2D eigenvalue weighted by Crippen LogP contribution is -2.56. The number of nitrogens with one attached hydrogen (secondary N) is 2. The molecule has 2 fully saturated rings. The Bertz CT molecular complexity index is 1990. The number of carbonyl (C=O) groups excluding carboxylic acids is 2. The number of anilines is 1. The first-order chi connectivity index (χ1) is 29.0. The molecule has 14 nitrogen and oxygen atoms in total. The number of carbonyl (C=O) groups is 2. The Morgan fingerprint density at radius 3 is 2.44 bits per heavy atom. The third-order valence-electron chi connectivity index (χ3n) is 13.6. The summed E-state index contributed by atoms with van der Waals surface area (Å²) >= 11 is 0. The standard InChI is InChI=1S/C47H68N8O6/c1-29-21-40(30(2)31(3)47(29,5)6)51-46(59)43-42(32(4)57)41(26-49-52-48)61-55(43)27-34-17-14-18-39(44(34)60-10)35-23-36(25-38(24-35)54(9)19-20-56)45(58)50-37(28-53(7)8)22-33-15-12-11-13-16-33/h11-18,23-25,29-32,37,40-43,56-57H,19-22,26-28H2,1-10H3,(H,50,58)(H,51,59)/t29-,30+,31+,32+,37+,40+,41+,42-,43+/m1/s1. The number of hydrogen-bond donors (Lipinski definition) is 4. The molecule has 9 atom stereocenters. The topological polar surface area (TPSA) is 176 Å².